The number of carbonyl (C=O) groups excluding carboxylic acids is 1. The molecule has 1 N–H and O–H groups in total. The molecule has 5 nitrogen and oxygen atoms in total. The largest absolute Gasteiger partial charge is 0.321 e. The van der Waals surface area contributed by atoms with Crippen LogP contribution in [0.15, 0.2) is 24.3 Å². The number of benzene rings is 1. The molecule has 1 aromatic carbocycles. The topological polar surface area (TPSA) is 59.8 Å². The minimum absolute atomic E-state index is 0.0619. The van der Waals surface area contributed by atoms with Crippen LogP contribution < -0.4 is 5.32 Å². The average molecular weight is 403 g/mol. The summed E-state index contributed by atoms with van der Waals surface area (Å²) < 4.78 is 2.27. The van der Waals surface area contributed by atoms with Gasteiger partial charge in [0.05, 0.1) is 5.56 Å². The van der Waals surface area contributed by atoms with Crippen molar-refractivity contribution in [2.24, 2.45) is 0 Å². The Balaban J connectivity index is 1.61. The fourth-order valence-electron chi connectivity index (χ4n) is 4.66. The summed E-state index contributed by atoms with van der Waals surface area (Å²) in [6.07, 6.45) is 8.62. The summed E-state index contributed by atoms with van der Waals surface area (Å²) in [6, 6.07) is 8.29. The summed E-state index contributed by atoms with van der Waals surface area (Å²) in [4.78, 5) is 23.5. The number of nitrogens with one attached hydrogen (secondary N) is 1. The predicted octanol–water partition coefficient (Wildman–Crippen LogP) is 5.41. The molecule has 0 atom stereocenters. The number of aryl methyl sites for hydroxylation is 4. The number of hydrogen-bond donors (Lipinski definition) is 1. The van der Waals surface area contributed by atoms with Crippen molar-refractivity contribution in [1.29, 1.82) is 0 Å². The molecule has 0 saturated heterocycles. The lowest BCUT2D eigenvalue weighted by Crippen LogP contribution is -2.16. The summed E-state index contributed by atoms with van der Waals surface area (Å²) in [5, 5.41) is 3.25. The van der Waals surface area contributed by atoms with Gasteiger partial charge in [-0.1, -0.05) is 38.5 Å². The maximum absolute atomic E-state index is 13.6. The highest BCUT2D eigenvalue weighted by atomic mass is 16.1. The molecule has 0 unspecified atom stereocenters. The van der Waals surface area contributed by atoms with Gasteiger partial charge in [-0.3, -0.25) is 4.79 Å². The average Bonchev–Trinajstić information content (AvgIpc) is 3.59. The number of nitrogens with zero attached hydrogens (tertiary/aromatic N) is 3. The van der Waals surface area contributed by atoms with E-state index < -0.39 is 0 Å². The van der Waals surface area contributed by atoms with E-state index in [1.165, 1.54) is 30.4 Å². The number of rotatable bonds is 5. The van der Waals surface area contributed by atoms with Gasteiger partial charge in [-0.05, 0) is 55.7 Å². The molecular weight excluding hydrogens is 372 g/mol. The lowest BCUT2D eigenvalue weighted by atomic mass is 10.0. The monoisotopic (exact) mass is 402 g/mol. The summed E-state index contributed by atoms with van der Waals surface area (Å²) in [6.45, 7) is 5.21. The van der Waals surface area contributed by atoms with Gasteiger partial charge in [-0.2, -0.15) is 0 Å². The second kappa shape index (κ2) is 7.86. The lowest BCUT2D eigenvalue weighted by molar-refractivity contribution is 0.102. The molecule has 5 heteroatoms. The molecule has 3 aromatic rings. The van der Waals surface area contributed by atoms with Gasteiger partial charge in [0.1, 0.15) is 11.3 Å². The van der Waals surface area contributed by atoms with Crippen molar-refractivity contribution >= 4 is 22.8 Å². The molecule has 1 saturated carbocycles. The summed E-state index contributed by atoms with van der Waals surface area (Å²) in [7, 11) is 0. The lowest BCUT2D eigenvalue weighted by Gasteiger charge is -2.15. The molecule has 5 rings (SSSR count). The number of carbonyl (C=O) groups is 1. The molecule has 0 spiro atoms. The van der Waals surface area contributed by atoms with Gasteiger partial charge in [0.2, 0.25) is 0 Å². The molecule has 1 aliphatic carbocycles. The van der Waals surface area contributed by atoms with E-state index in [2.05, 4.69) is 41.9 Å². The number of hydrogen-bond acceptors (Lipinski definition) is 3. The minimum Gasteiger partial charge on any atom is -0.321 e. The van der Waals surface area contributed by atoms with Crippen LogP contribution in [-0.4, -0.2) is 20.4 Å². The first-order valence-corrected chi connectivity index (χ1v) is 11.5. The van der Waals surface area contributed by atoms with Crippen LogP contribution in [0.2, 0.25) is 0 Å². The van der Waals surface area contributed by atoms with E-state index in [4.69, 9.17) is 9.97 Å². The zero-order valence-corrected chi connectivity index (χ0v) is 18.0. The first kappa shape index (κ1) is 19.3. The molecule has 1 amide bonds. The summed E-state index contributed by atoms with van der Waals surface area (Å²) in [5.41, 5.74) is 6.72. The first-order chi connectivity index (χ1) is 14.7. The van der Waals surface area contributed by atoms with E-state index in [1.54, 1.807) is 0 Å². The Hall–Kier alpha value is -2.69. The summed E-state index contributed by atoms with van der Waals surface area (Å²) in [5.74, 6) is 1.51. The fraction of sp³-hybridized carbons (Fsp3) is 0.480. The van der Waals surface area contributed by atoms with Crippen LogP contribution in [0, 0.1) is 0 Å². The van der Waals surface area contributed by atoms with Crippen LogP contribution in [0.5, 0.6) is 0 Å². The standard InChI is InChI=1S/C25H30N4O/c1-3-16-9-8-10-17(4-2)22(16)28-25(30)19-15-20(18-12-13-18)26-24-23(19)27-21-11-6-5-7-14-29(21)24/h8-10,15,18H,3-7,11-14H2,1-2H3,(H,28,30). The fourth-order valence-corrected chi connectivity index (χ4v) is 4.66. The van der Waals surface area contributed by atoms with Crippen molar-refractivity contribution in [3.8, 4) is 0 Å². The molecule has 30 heavy (non-hydrogen) atoms. The highest BCUT2D eigenvalue weighted by Crippen LogP contribution is 2.40. The number of para-hydroxylation sites is 1. The van der Waals surface area contributed by atoms with E-state index in [0.29, 0.717) is 11.5 Å². The minimum atomic E-state index is -0.0619. The number of aromatic nitrogens is 3. The Bertz CT molecular complexity index is 1090. The number of anilines is 1. The van der Waals surface area contributed by atoms with E-state index in [-0.39, 0.29) is 5.91 Å². The third-order valence-electron chi connectivity index (χ3n) is 6.56. The van der Waals surface area contributed by atoms with Gasteiger partial charge in [0.15, 0.2) is 5.65 Å². The third kappa shape index (κ3) is 3.40. The van der Waals surface area contributed by atoms with Crippen LogP contribution in [-0.2, 0) is 25.8 Å². The van der Waals surface area contributed by atoms with Gasteiger partial charge >= 0.3 is 0 Å². The number of pyridine rings is 1. The van der Waals surface area contributed by atoms with Gasteiger partial charge in [0, 0.05) is 30.3 Å². The Morgan fingerprint density at radius 1 is 1.10 bits per heavy atom. The maximum Gasteiger partial charge on any atom is 0.258 e. The summed E-state index contributed by atoms with van der Waals surface area (Å²) >= 11 is 0. The quantitative estimate of drug-likeness (QED) is 0.620. The Kier molecular flexibility index (Phi) is 5.05. The van der Waals surface area contributed by atoms with Crippen molar-refractivity contribution in [3.63, 3.8) is 0 Å². The van der Waals surface area contributed by atoms with Crippen molar-refractivity contribution in [1.82, 2.24) is 14.5 Å². The third-order valence-corrected chi connectivity index (χ3v) is 6.56. The van der Waals surface area contributed by atoms with Crippen molar-refractivity contribution in [2.45, 2.75) is 77.7 Å². The van der Waals surface area contributed by atoms with Gasteiger partial charge in [-0.25, -0.2) is 9.97 Å². The number of fused-ring (bicyclic) bond motifs is 3. The maximum atomic E-state index is 13.6. The number of amides is 1. The first-order valence-electron chi connectivity index (χ1n) is 11.5. The van der Waals surface area contributed by atoms with Crippen LogP contribution >= 0.6 is 0 Å². The van der Waals surface area contributed by atoms with E-state index >= 15 is 0 Å². The van der Waals surface area contributed by atoms with Gasteiger partial charge < -0.3 is 9.88 Å². The van der Waals surface area contributed by atoms with Crippen LogP contribution in [0.1, 0.15) is 84.9 Å². The van der Waals surface area contributed by atoms with Gasteiger partial charge in [0.25, 0.3) is 5.91 Å². The Morgan fingerprint density at radius 2 is 1.87 bits per heavy atom. The van der Waals surface area contributed by atoms with E-state index in [0.717, 1.165) is 67.0 Å². The van der Waals surface area contributed by atoms with E-state index in [9.17, 15) is 4.79 Å². The van der Waals surface area contributed by atoms with E-state index in [1.807, 2.05) is 6.07 Å². The SMILES string of the molecule is CCc1cccc(CC)c1NC(=O)c1cc(C2CC2)nc2c1nc1n2CCCCC1. The Labute approximate surface area is 177 Å². The zero-order chi connectivity index (χ0) is 20.7. The number of imidazole rings is 1. The molecular formula is C25H30N4O. The second-order valence-electron chi connectivity index (χ2n) is 8.64. The molecule has 1 aliphatic heterocycles. The molecule has 0 bridgehead atoms. The van der Waals surface area contributed by atoms with Crippen LogP contribution in [0.25, 0.3) is 11.2 Å². The van der Waals surface area contributed by atoms with Crippen molar-refractivity contribution < 1.29 is 4.79 Å². The zero-order valence-electron chi connectivity index (χ0n) is 18.0. The molecule has 0 radical (unpaired) electrons. The highest BCUT2D eigenvalue weighted by molar-refractivity contribution is 6.11. The van der Waals surface area contributed by atoms with Crippen molar-refractivity contribution in [2.75, 3.05) is 5.32 Å². The van der Waals surface area contributed by atoms with Crippen LogP contribution in [0.4, 0.5) is 5.69 Å². The smallest absolute Gasteiger partial charge is 0.258 e. The molecule has 2 aromatic heterocycles. The normalized spacial score (nSPS) is 16.3. The predicted molar refractivity (Wildman–Crippen MR) is 120 cm³/mol. The molecule has 3 heterocycles. The van der Waals surface area contributed by atoms with Crippen LogP contribution in [0.3, 0.4) is 0 Å². The highest BCUT2D eigenvalue weighted by Gasteiger charge is 2.29. The van der Waals surface area contributed by atoms with Crippen molar-refractivity contribution in [3.05, 3.63) is 52.5 Å². The molecule has 1 fully saturated rings. The molecule has 156 valence electrons. The van der Waals surface area contributed by atoms with Gasteiger partial charge in [-0.15, -0.1) is 0 Å². The molecule has 2 aliphatic rings. The second-order valence-corrected chi connectivity index (χ2v) is 8.64. The Morgan fingerprint density at radius 3 is 2.57 bits per heavy atom.